The first-order valence-corrected chi connectivity index (χ1v) is 13.6. The Labute approximate surface area is 236 Å². The number of hydrogen-bond acceptors (Lipinski definition) is 5. The number of hydrogen-bond donors (Lipinski definition) is 2. The van der Waals surface area contributed by atoms with Gasteiger partial charge in [0, 0.05) is 61.3 Å². The molecule has 0 unspecified atom stereocenters. The van der Waals surface area contributed by atoms with Crippen LogP contribution in [0.15, 0.2) is 72.8 Å². The van der Waals surface area contributed by atoms with Gasteiger partial charge in [0.1, 0.15) is 0 Å². The lowest BCUT2D eigenvalue weighted by Crippen LogP contribution is -2.36. The first kappa shape index (κ1) is 28.6. The summed E-state index contributed by atoms with van der Waals surface area (Å²) in [6, 6.07) is 22.3. The number of anilines is 2. The second kappa shape index (κ2) is 12.6. The SMILES string of the molecule is CCN(C)C(=O)c1ccc2c(c1)NC(=O)/C2=C(\Nc1ccc(C(=O)N(CC)CCN(C)C)cc1)c1ccccc1. The van der Waals surface area contributed by atoms with Gasteiger partial charge in [-0.25, -0.2) is 0 Å². The summed E-state index contributed by atoms with van der Waals surface area (Å²) >= 11 is 0. The molecular weight excluding hydrogens is 502 g/mol. The van der Waals surface area contributed by atoms with Crippen molar-refractivity contribution in [3.05, 3.63) is 95.1 Å². The molecule has 0 fully saturated rings. The lowest BCUT2D eigenvalue weighted by Gasteiger charge is -2.23. The molecule has 0 atom stereocenters. The third kappa shape index (κ3) is 6.24. The van der Waals surface area contributed by atoms with Crippen molar-refractivity contribution >= 4 is 40.4 Å². The maximum atomic E-state index is 13.3. The molecule has 0 aromatic heterocycles. The van der Waals surface area contributed by atoms with Crippen LogP contribution < -0.4 is 10.6 Å². The molecule has 0 saturated carbocycles. The molecule has 0 aliphatic carbocycles. The summed E-state index contributed by atoms with van der Waals surface area (Å²) in [7, 11) is 5.73. The molecule has 0 radical (unpaired) electrons. The second-order valence-corrected chi connectivity index (χ2v) is 10.0. The van der Waals surface area contributed by atoms with Gasteiger partial charge in [-0.1, -0.05) is 36.4 Å². The smallest absolute Gasteiger partial charge is 0.258 e. The van der Waals surface area contributed by atoms with Crippen LogP contribution in [0.3, 0.4) is 0 Å². The van der Waals surface area contributed by atoms with Crippen LogP contribution >= 0.6 is 0 Å². The van der Waals surface area contributed by atoms with Crippen molar-refractivity contribution in [2.75, 3.05) is 58.0 Å². The van der Waals surface area contributed by atoms with Gasteiger partial charge in [0.15, 0.2) is 0 Å². The first-order chi connectivity index (χ1) is 19.2. The Morgan fingerprint density at radius 3 is 2.08 bits per heavy atom. The van der Waals surface area contributed by atoms with E-state index in [1.807, 2.05) is 81.4 Å². The first-order valence-electron chi connectivity index (χ1n) is 13.6. The van der Waals surface area contributed by atoms with E-state index >= 15 is 0 Å². The van der Waals surface area contributed by atoms with E-state index in [4.69, 9.17) is 0 Å². The van der Waals surface area contributed by atoms with E-state index in [0.29, 0.717) is 47.7 Å². The highest BCUT2D eigenvalue weighted by Crippen LogP contribution is 2.38. The van der Waals surface area contributed by atoms with Gasteiger partial charge in [-0.3, -0.25) is 14.4 Å². The number of nitrogens with one attached hydrogen (secondary N) is 2. The molecule has 2 N–H and O–H groups in total. The number of likely N-dealkylation sites (N-methyl/N-ethyl adjacent to an activating group) is 2. The maximum Gasteiger partial charge on any atom is 0.258 e. The highest BCUT2D eigenvalue weighted by Gasteiger charge is 2.29. The van der Waals surface area contributed by atoms with Gasteiger partial charge >= 0.3 is 0 Å². The van der Waals surface area contributed by atoms with E-state index in [1.165, 1.54) is 0 Å². The quantitative estimate of drug-likeness (QED) is 0.364. The Morgan fingerprint density at radius 2 is 1.45 bits per heavy atom. The van der Waals surface area contributed by atoms with Gasteiger partial charge in [0.25, 0.3) is 17.7 Å². The molecule has 40 heavy (non-hydrogen) atoms. The van der Waals surface area contributed by atoms with Crippen LogP contribution in [0.5, 0.6) is 0 Å². The Morgan fingerprint density at radius 1 is 0.775 bits per heavy atom. The van der Waals surface area contributed by atoms with Crippen molar-refractivity contribution in [1.29, 1.82) is 0 Å². The number of benzene rings is 3. The Balaban J connectivity index is 1.67. The lowest BCUT2D eigenvalue weighted by molar-refractivity contribution is -0.110. The fourth-order valence-electron chi connectivity index (χ4n) is 4.55. The van der Waals surface area contributed by atoms with Crippen molar-refractivity contribution in [1.82, 2.24) is 14.7 Å². The molecule has 4 rings (SSSR count). The Bertz CT molecular complexity index is 1410. The van der Waals surface area contributed by atoms with Crippen LogP contribution in [0.25, 0.3) is 11.3 Å². The summed E-state index contributed by atoms with van der Waals surface area (Å²) < 4.78 is 0. The van der Waals surface area contributed by atoms with Crippen LogP contribution in [-0.4, -0.2) is 79.7 Å². The zero-order chi connectivity index (χ0) is 28.8. The summed E-state index contributed by atoms with van der Waals surface area (Å²) in [6.45, 7) is 6.57. The predicted molar refractivity (Wildman–Crippen MR) is 161 cm³/mol. The minimum absolute atomic E-state index is 0.0132. The molecule has 8 heteroatoms. The van der Waals surface area contributed by atoms with Crippen LogP contribution in [0.1, 0.15) is 45.7 Å². The third-order valence-corrected chi connectivity index (χ3v) is 7.03. The van der Waals surface area contributed by atoms with Gasteiger partial charge < -0.3 is 25.3 Å². The molecule has 1 aliphatic rings. The maximum absolute atomic E-state index is 13.3. The van der Waals surface area contributed by atoms with Gasteiger partial charge in [0.2, 0.25) is 0 Å². The topological polar surface area (TPSA) is 85.0 Å². The van der Waals surface area contributed by atoms with E-state index in [0.717, 1.165) is 23.4 Å². The van der Waals surface area contributed by atoms with Crippen molar-refractivity contribution in [2.45, 2.75) is 13.8 Å². The average Bonchev–Trinajstić information content (AvgIpc) is 3.30. The summed E-state index contributed by atoms with van der Waals surface area (Å²) in [5.41, 5.74) is 5.17. The van der Waals surface area contributed by atoms with Crippen LogP contribution in [0, 0.1) is 0 Å². The van der Waals surface area contributed by atoms with E-state index < -0.39 is 0 Å². The number of fused-ring (bicyclic) bond motifs is 1. The molecule has 208 valence electrons. The normalized spacial score (nSPS) is 13.5. The fraction of sp³-hybridized carbons (Fsp3) is 0.281. The van der Waals surface area contributed by atoms with E-state index in [1.54, 1.807) is 36.2 Å². The fourth-order valence-corrected chi connectivity index (χ4v) is 4.55. The molecule has 1 heterocycles. The molecule has 0 saturated heterocycles. The summed E-state index contributed by atoms with van der Waals surface area (Å²) in [6.07, 6.45) is 0. The van der Waals surface area contributed by atoms with Crippen molar-refractivity contribution in [3.63, 3.8) is 0 Å². The number of rotatable bonds is 10. The molecule has 0 spiro atoms. The number of carbonyl (C=O) groups excluding carboxylic acids is 3. The Hall–Kier alpha value is -4.43. The number of amides is 3. The average molecular weight is 540 g/mol. The molecular formula is C32H37N5O3. The third-order valence-electron chi connectivity index (χ3n) is 7.03. The van der Waals surface area contributed by atoms with E-state index in [9.17, 15) is 14.4 Å². The Kier molecular flexibility index (Phi) is 9.01. The van der Waals surface area contributed by atoms with Crippen molar-refractivity contribution < 1.29 is 14.4 Å². The van der Waals surface area contributed by atoms with Gasteiger partial charge in [-0.15, -0.1) is 0 Å². The number of carbonyl (C=O) groups is 3. The summed E-state index contributed by atoms with van der Waals surface area (Å²) in [5, 5.41) is 6.37. The van der Waals surface area contributed by atoms with E-state index in [-0.39, 0.29) is 17.7 Å². The largest absolute Gasteiger partial charge is 0.354 e. The van der Waals surface area contributed by atoms with Gasteiger partial charge in [0.05, 0.1) is 11.3 Å². The van der Waals surface area contributed by atoms with Crippen molar-refractivity contribution in [2.24, 2.45) is 0 Å². The van der Waals surface area contributed by atoms with Gasteiger partial charge in [-0.05, 0) is 69.9 Å². The standard InChI is InChI=1S/C32H37N5O3/c1-6-36(5)31(39)24-15-18-26-27(21-24)34-30(38)28(26)29(22-11-9-8-10-12-22)33-25-16-13-23(14-17-25)32(40)37(7-2)20-19-35(3)4/h8-18,21,33H,6-7,19-20H2,1-5H3,(H,34,38)/b29-28-. The van der Waals surface area contributed by atoms with Crippen LogP contribution in [0.4, 0.5) is 11.4 Å². The second-order valence-electron chi connectivity index (χ2n) is 10.0. The highest BCUT2D eigenvalue weighted by molar-refractivity contribution is 6.37. The summed E-state index contributed by atoms with van der Waals surface area (Å²) in [4.78, 5) is 44.6. The van der Waals surface area contributed by atoms with E-state index in [2.05, 4.69) is 15.5 Å². The van der Waals surface area contributed by atoms with Crippen molar-refractivity contribution in [3.8, 4) is 0 Å². The minimum Gasteiger partial charge on any atom is -0.354 e. The molecule has 3 aromatic carbocycles. The summed E-state index contributed by atoms with van der Waals surface area (Å²) in [5.74, 6) is -0.363. The highest BCUT2D eigenvalue weighted by atomic mass is 16.2. The molecule has 8 nitrogen and oxygen atoms in total. The van der Waals surface area contributed by atoms with Crippen LogP contribution in [-0.2, 0) is 4.79 Å². The minimum atomic E-state index is -0.249. The van der Waals surface area contributed by atoms with Crippen LogP contribution in [0.2, 0.25) is 0 Å². The number of nitrogens with zero attached hydrogens (tertiary/aromatic N) is 3. The monoisotopic (exact) mass is 539 g/mol. The zero-order valence-electron chi connectivity index (χ0n) is 23.8. The molecule has 0 bridgehead atoms. The van der Waals surface area contributed by atoms with Gasteiger partial charge in [-0.2, -0.15) is 0 Å². The molecule has 3 aromatic rings. The zero-order valence-corrected chi connectivity index (χ0v) is 23.8. The lowest BCUT2D eigenvalue weighted by atomic mass is 9.98. The molecule has 3 amide bonds. The predicted octanol–water partition coefficient (Wildman–Crippen LogP) is 4.73. The molecule has 1 aliphatic heterocycles.